The van der Waals surface area contributed by atoms with E-state index in [1.807, 2.05) is 35.2 Å². The van der Waals surface area contributed by atoms with Crippen molar-refractivity contribution in [3.63, 3.8) is 0 Å². The van der Waals surface area contributed by atoms with Crippen LogP contribution in [0.15, 0.2) is 35.4 Å². The molecule has 1 amide bonds. The van der Waals surface area contributed by atoms with Crippen molar-refractivity contribution in [3.8, 4) is 0 Å². The molecule has 2 aliphatic heterocycles. The normalized spacial score (nSPS) is 20.8. The summed E-state index contributed by atoms with van der Waals surface area (Å²) >= 11 is 0. The Balaban J connectivity index is 1.48. The smallest absolute Gasteiger partial charge is 0.247 e. The molecule has 1 atom stereocenters. The molecule has 0 radical (unpaired) electrons. The molecule has 5 heteroatoms. The molecule has 0 aromatic heterocycles. The van der Waals surface area contributed by atoms with Crippen LogP contribution in [0.4, 0.5) is 0 Å². The summed E-state index contributed by atoms with van der Waals surface area (Å²) in [6.07, 6.45) is 4.91. The number of amides is 1. The van der Waals surface area contributed by atoms with E-state index in [9.17, 15) is 9.59 Å². The molecule has 5 nitrogen and oxygen atoms in total. The summed E-state index contributed by atoms with van der Waals surface area (Å²) in [7, 11) is 0. The van der Waals surface area contributed by atoms with Crippen LogP contribution < -0.4 is 5.43 Å². The highest BCUT2D eigenvalue weighted by Crippen LogP contribution is 2.15. The Hall–Kier alpha value is -2.17. The molecule has 0 saturated carbocycles. The van der Waals surface area contributed by atoms with Gasteiger partial charge in [-0.1, -0.05) is 30.3 Å². The molecule has 0 spiro atoms. The number of carbonyl (C=O) groups is 2. The molecule has 1 aromatic carbocycles. The molecular weight excluding hydrogens is 290 g/mol. The number of carbonyl (C=O) groups excluding carboxylic acids is 2. The third-order valence-corrected chi connectivity index (χ3v) is 4.52. The summed E-state index contributed by atoms with van der Waals surface area (Å²) in [6, 6.07) is 9.59. The lowest BCUT2D eigenvalue weighted by molar-refractivity contribution is -0.133. The van der Waals surface area contributed by atoms with Crippen molar-refractivity contribution >= 4 is 17.4 Å². The second-order valence-corrected chi connectivity index (χ2v) is 6.24. The largest absolute Gasteiger partial charge is 0.341 e. The van der Waals surface area contributed by atoms with Gasteiger partial charge >= 0.3 is 0 Å². The summed E-state index contributed by atoms with van der Waals surface area (Å²) in [6.45, 7) is 1.66. The second kappa shape index (κ2) is 7.40. The van der Waals surface area contributed by atoms with Crippen molar-refractivity contribution in [3.05, 3.63) is 35.9 Å². The Morgan fingerprint density at radius 1 is 1.13 bits per heavy atom. The Kier molecular flexibility index (Phi) is 5.05. The fraction of sp³-hybridized carbons (Fsp3) is 0.500. The van der Waals surface area contributed by atoms with E-state index in [2.05, 4.69) is 10.5 Å². The van der Waals surface area contributed by atoms with Gasteiger partial charge in [0.2, 0.25) is 5.91 Å². The monoisotopic (exact) mass is 313 g/mol. The van der Waals surface area contributed by atoms with Gasteiger partial charge < -0.3 is 4.90 Å². The van der Waals surface area contributed by atoms with Gasteiger partial charge in [-0.15, -0.1) is 0 Å². The summed E-state index contributed by atoms with van der Waals surface area (Å²) in [4.78, 5) is 26.6. The first-order valence-electron chi connectivity index (χ1n) is 8.42. The van der Waals surface area contributed by atoms with Crippen molar-refractivity contribution in [1.29, 1.82) is 0 Å². The molecule has 0 bridgehead atoms. The fourth-order valence-electron chi connectivity index (χ4n) is 3.14. The molecule has 1 unspecified atom stereocenters. The number of nitrogens with zero attached hydrogens (tertiary/aromatic N) is 2. The van der Waals surface area contributed by atoms with Crippen LogP contribution >= 0.6 is 0 Å². The lowest BCUT2D eigenvalue weighted by Crippen LogP contribution is -2.45. The van der Waals surface area contributed by atoms with Gasteiger partial charge in [0.15, 0.2) is 5.78 Å². The van der Waals surface area contributed by atoms with E-state index >= 15 is 0 Å². The average Bonchev–Trinajstić information content (AvgIpc) is 3.11. The van der Waals surface area contributed by atoms with Crippen LogP contribution in [0.3, 0.4) is 0 Å². The summed E-state index contributed by atoms with van der Waals surface area (Å²) < 4.78 is 0. The Morgan fingerprint density at radius 2 is 1.87 bits per heavy atom. The lowest BCUT2D eigenvalue weighted by atomic mass is 10.0. The van der Waals surface area contributed by atoms with Gasteiger partial charge in [0.25, 0.3) is 0 Å². The number of ketones is 1. The van der Waals surface area contributed by atoms with E-state index in [1.165, 1.54) is 6.42 Å². The standard InChI is InChI=1S/C18H23N3O2/c22-17(10-9-14-7-3-1-4-8-14)15-13-16(20-19-15)18(23)21-11-5-2-6-12-21/h1,3-4,7-8,16,20H,2,5-6,9-13H2. The first-order valence-corrected chi connectivity index (χ1v) is 8.42. The highest BCUT2D eigenvalue weighted by atomic mass is 16.2. The number of Topliss-reactive ketones (excluding diaryl/α,β-unsaturated/α-hetero) is 1. The van der Waals surface area contributed by atoms with Crippen LogP contribution in [0.2, 0.25) is 0 Å². The van der Waals surface area contributed by atoms with Crippen molar-refractivity contribution in [2.24, 2.45) is 5.10 Å². The molecule has 1 N–H and O–H groups in total. The molecule has 2 aliphatic rings. The SMILES string of the molecule is O=C(CCc1ccccc1)C1=NNC(C(=O)N2CCCCC2)C1. The van der Waals surface area contributed by atoms with E-state index in [0.717, 1.165) is 31.5 Å². The number of piperidine rings is 1. The first kappa shape index (κ1) is 15.7. The van der Waals surface area contributed by atoms with Gasteiger partial charge in [-0.3, -0.25) is 15.0 Å². The maximum absolute atomic E-state index is 12.4. The molecule has 122 valence electrons. The quantitative estimate of drug-likeness (QED) is 0.903. The minimum atomic E-state index is -0.358. The Labute approximate surface area is 136 Å². The molecule has 2 heterocycles. The van der Waals surface area contributed by atoms with E-state index in [-0.39, 0.29) is 17.7 Å². The predicted octanol–water partition coefficient (Wildman–Crippen LogP) is 1.92. The summed E-state index contributed by atoms with van der Waals surface area (Å²) in [5.41, 5.74) is 4.52. The van der Waals surface area contributed by atoms with E-state index < -0.39 is 0 Å². The highest BCUT2D eigenvalue weighted by Gasteiger charge is 2.32. The van der Waals surface area contributed by atoms with Crippen LogP contribution in [-0.4, -0.2) is 41.4 Å². The van der Waals surface area contributed by atoms with E-state index in [0.29, 0.717) is 25.0 Å². The fourth-order valence-corrected chi connectivity index (χ4v) is 3.14. The van der Waals surface area contributed by atoms with Crippen LogP contribution in [0.25, 0.3) is 0 Å². The minimum Gasteiger partial charge on any atom is -0.341 e. The molecular formula is C18H23N3O2. The van der Waals surface area contributed by atoms with Gasteiger partial charge in [0.05, 0.1) is 0 Å². The summed E-state index contributed by atoms with van der Waals surface area (Å²) in [5.74, 6) is 0.120. The first-order chi connectivity index (χ1) is 11.2. The number of benzene rings is 1. The number of nitrogens with one attached hydrogen (secondary N) is 1. The van der Waals surface area contributed by atoms with Gasteiger partial charge in [-0.25, -0.2) is 0 Å². The van der Waals surface area contributed by atoms with Crippen molar-refractivity contribution in [2.45, 2.75) is 44.6 Å². The lowest BCUT2D eigenvalue weighted by Gasteiger charge is -2.28. The third kappa shape index (κ3) is 3.97. The van der Waals surface area contributed by atoms with Crippen LogP contribution in [0.5, 0.6) is 0 Å². The molecule has 0 aliphatic carbocycles. The van der Waals surface area contributed by atoms with Crippen molar-refractivity contribution in [2.75, 3.05) is 13.1 Å². The Morgan fingerprint density at radius 3 is 2.61 bits per heavy atom. The van der Waals surface area contributed by atoms with Gasteiger partial charge in [-0.2, -0.15) is 5.10 Å². The number of rotatable bonds is 5. The second-order valence-electron chi connectivity index (χ2n) is 6.24. The van der Waals surface area contributed by atoms with Crippen molar-refractivity contribution in [1.82, 2.24) is 10.3 Å². The molecule has 3 rings (SSSR count). The maximum Gasteiger partial charge on any atom is 0.247 e. The zero-order valence-electron chi connectivity index (χ0n) is 13.3. The van der Waals surface area contributed by atoms with E-state index in [1.54, 1.807) is 0 Å². The zero-order valence-corrected chi connectivity index (χ0v) is 13.3. The molecule has 1 saturated heterocycles. The van der Waals surface area contributed by atoms with Gasteiger partial charge in [0, 0.05) is 25.9 Å². The number of aryl methyl sites for hydroxylation is 1. The molecule has 23 heavy (non-hydrogen) atoms. The van der Waals surface area contributed by atoms with Crippen LogP contribution in [-0.2, 0) is 16.0 Å². The topological polar surface area (TPSA) is 61.8 Å². The van der Waals surface area contributed by atoms with Crippen molar-refractivity contribution < 1.29 is 9.59 Å². The Bertz CT molecular complexity index is 592. The van der Waals surface area contributed by atoms with Gasteiger partial charge in [-0.05, 0) is 31.2 Å². The number of likely N-dealkylation sites (tertiary alicyclic amines) is 1. The molecule has 1 fully saturated rings. The number of hydrazone groups is 1. The average molecular weight is 313 g/mol. The highest BCUT2D eigenvalue weighted by molar-refractivity contribution is 6.40. The van der Waals surface area contributed by atoms with Gasteiger partial charge in [0.1, 0.15) is 11.8 Å². The summed E-state index contributed by atoms with van der Waals surface area (Å²) in [5, 5.41) is 4.11. The minimum absolute atomic E-state index is 0.0373. The van der Waals surface area contributed by atoms with Crippen LogP contribution in [0.1, 0.15) is 37.7 Å². The predicted molar refractivity (Wildman–Crippen MR) is 89.2 cm³/mol. The number of hydrogen-bond donors (Lipinski definition) is 1. The maximum atomic E-state index is 12.4. The third-order valence-electron chi connectivity index (χ3n) is 4.52. The van der Waals surface area contributed by atoms with E-state index in [4.69, 9.17) is 0 Å². The zero-order chi connectivity index (χ0) is 16.1. The number of hydrogen-bond acceptors (Lipinski definition) is 4. The molecule has 1 aromatic rings. The van der Waals surface area contributed by atoms with Crippen LogP contribution in [0, 0.1) is 0 Å².